The van der Waals surface area contributed by atoms with Crippen molar-refractivity contribution < 1.29 is 4.74 Å². The minimum atomic E-state index is 0.626. The van der Waals surface area contributed by atoms with Crippen LogP contribution in [0.3, 0.4) is 0 Å². The van der Waals surface area contributed by atoms with Crippen LogP contribution in [0.25, 0.3) is 4.96 Å². The van der Waals surface area contributed by atoms with E-state index in [1.165, 1.54) is 12.8 Å². The van der Waals surface area contributed by atoms with Gasteiger partial charge in [-0.15, -0.1) is 11.3 Å². The average Bonchev–Trinajstić information content (AvgIpc) is 3.03. The molecule has 6 heteroatoms. The number of thiazole rings is 1. The van der Waals surface area contributed by atoms with Crippen molar-refractivity contribution in [1.82, 2.24) is 19.6 Å². The van der Waals surface area contributed by atoms with E-state index in [2.05, 4.69) is 40.5 Å². The van der Waals surface area contributed by atoms with Gasteiger partial charge in [-0.2, -0.15) is 4.98 Å². The number of hydrogen-bond acceptors (Lipinski definition) is 5. The Labute approximate surface area is 130 Å². The molecule has 0 fully saturated rings. The molecule has 0 saturated heterocycles. The van der Waals surface area contributed by atoms with Gasteiger partial charge in [0.2, 0.25) is 5.88 Å². The Morgan fingerprint density at radius 1 is 1.43 bits per heavy atom. The molecule has 0 amide bonds. The van der Waals surface area contributed by atoms with Gasteiger partial charge in [-0.05, 0) is 46.8 Å². The van der Waals surface area contributed by atoms with E-state index in [1.807, 2.05) is 11.6 Å². The molecule has 118 valence electrons. The summed E-state index contributed by atoms with van der Waals surface area (Å²) in [5.41, 5.74) is 1.10. The maximum absolute atomic E-state index is 5.35. The largest absolute Gasteiger partial charge is 0.480 e. The Balaban J connectivity index is 1.74. The SMILES string of the molecule is COc1nc2sccn2c1CNCCCCN(C)C(C)C. The summed E-state index contributed by atoms with van der Waals surface area (Å²) in [7, 11) is 3.86. The van der Waals surface area contributed by atoms with Crippen molar-refractivity contribution in [2.75, 3.05) is 27.2 Å². The first-order valence-corrected chi connectivity index (χ1v) is 8.40. The van der Waals surface area contributed by atoms with Crippen molar-refractivity contribution in [3.05, 3.63) is 17.3 Å². The Morgan fingerprint density at radius 2 is 2.24 bits per heavy atom. The molecule has 0 aromatic carbocycles. The first-order chi connectivity index (χ1) is 10.1. The summed E-state index contributed by atoms with van der Waals surface area (Å²) in [6.45, 7) is 7.43. The highest BCUT2D eigenvalue weighted by Crippen LogP contribution is 2.22. The summed E-state index contributed by atoms with van der Waals surface area (Å²) in [6, 6.07) is 0.626. The second-order valence-corrected chi connectivity index (χ2v) is 6.45. The Kier molecular flexibility index (Phi) is 6.02. The third kappa shape index (κ3) is 4.18. The molecule has 21 heavy (non-hydrogen) atoms. The highest BCUT2D eigenvalue weighted by molar-refractivity contribution is 7.15. The second kappa shape index (κ2) is 7.77. The highest BCUT2D eigenvalue weighted by atomic mass is 32.1. The lowest BCUT2D eigenvalue weighted by molar-refractivity contribution is 0.268. The van der Waals surface area contributed by atoms with Gasteiger partial charge >= 0.3 is 0 Å². The van der Waals surface area contributed by atoms with Crippen LogP contribution in [0.5, 0.6) is 5.88 Å². The van der Waals surface area contributed by atoms with Crippen LogP contribution in [-0.4, -0.2) is 47.6 Å². The predicted molar refractivity (Wildman–Crippen MR) is 88.3 cm³/mol. The maximum atomic E-state index is 5.35. The molecule has 0 radical (unpaired) electrons. The van der Waals surface area contributed by atoms with Crippen LogP contribution >= 0.6 is 11.3 Å². The number of hydrogen-bond donors (Lipinski definition) is 1. The lowest BCUT2D eigenvalue weighted by Crippen LogP contribution is -2.27. The van der Waals surface area contributed by atoms with Gasteiger partial charge in [-0.25, -0.2) is 0 Å². The topological polar surface area (TPSA) is 41.8 Å². The first kappa shape index (κ1) is 16.3. The monoisotopic (exact) mass is 310 g/mol. The summed E-state index contributed by atoms with van der Waals surface area (Å²) in [6.07, 6.45) is 4.45. The van der Waals surface area contributed by atoms with E-state index in [1.54, 1.807) is 18.4 Å². The molecule has 1 N–H and O–H groups in total. The van der Waals surface area contributed by atoms with Crippen molar-refractivity contribution in [1.29, 1.82) is 0 Å². The molecule has 2 aromatic heterocycles. The molecule has 0 unspecified atom stereocenters. The number of rotatable bonds is 9. The second-order valence-electron chi connectivity index (χ2n) is 5.58. The Bertz CT molecular complexity index is 549. The highest BCUT2D eigenvalue weighted by Gasteiger charge is 2.12. The number of nitrogens with one attached hydrogen (secondary N) is 1. The minimum Gasteiger partial charge on any atom is -0.480 e. The summed E-state index contributed by atoms with van der Waals surface area (Å²) in [4.78, 5) is 7.83. The van der Waals surface area contributed by atoms with Crippen molar-refractivity contribution in [3.63, 3.8) is 0 Å². The fourth-order valence-corrected chi connectivity index (χ4v) is 2.94. The van der Waals surface area contributed by atoms with E-state index >= 15 is 0 Å². The number of methoxy groups -OCH3 is 1. The Hall–Kier alpha value is -1.11. The van der Waals surface area contributed by atoms with Gasteiger partial charge in [-0.1, -0.05) is 0 Å². The van der Waals surface area contributed by atoms with E-state index in [4.69, 9.17) is 4.74 Å². The quantitative estimate of drug-likeness (QED) is 0.723. The van der Waals surface area contributed by atoms with Crippen molar-refractivity contribution in [2.45, 2.75) is 39.3 Å². The van der Waals surface area contributed by atoms with Crippen LogP contribution in [0, 0.1) is 0 Å². The zero-order valence-corrected chi connectivity index (χ0v) is 14.2. The van der Waals surface area contributed by atoms with Gasteiger partial charge in [0.1, 0.15) is 5.69 Å². The molecule has 0 aliphatic heterocycles. The smallest absolute Gasteiger partial charge is 0.237 e. The lowest BCUT2D eigenvalue weighted by atomic mass is 10.2. The molecule has 2 heterocycles. The van der Waals surface area contributed by atoms with Crippen LogP contribution in [0.1, 0.15) is 32.4 Å². The molecular formula is C15H26N4OS. The van der Waals surface area contributed by atoms with E-state index in [0.29, 0.717) is 6.04 Å². The average molecular weight is 310 g/mol. The lowest BCUT2D eigenvalue weighted by Gasteiger charge is -2.20. The van der Waals surface area contributed by atoms with Crippen LogP contribution in [0.15, 0.2) is 11.6 Å². The summed E-state index contributed by atoms with van der Waals surface area (Å²) < 4.78 is 7.45. The van der Waals surface area contributed by atoms with Gasteiger partial charge in [0.05, 0.1) is 7.11 Å². The molecule has 0 aliphatic carbocycles. The molecule has 0 aliphatic rings. The van der Waals surface area contributed by atoms with Crippen molar-refractivity contribution in [3.8, 4) is 5.88 Å². The van der Waals surface area contributed by atoms with E-state index in [-0.39, 0.29) is 0 Å². The molecule has 0 bridgehead atoms. The van der Waals surface area contributed by atoms with Crippen LogP contribution in [0.4, 0.5) is 0 Å². The van der Waals surface area contributed by atoms with Gasteiger partial charge in [0.15, 0.2) is 4.96 Å². The van der Waals surface area contributed by atoms with Gasteiger partial charge in [0.25, 0.3) is 0 Å². The Morgan fingerprint density at radius 3 is 2.95 bits per heavy atom. The molecule has 2 rings (SSSR count). The summed E-state index contributed by atoms with van der Waals surface area (Å²) in [5.74, 6) is 0.730. The standard InChI is InChI=1S/C15H26N4OS/c1-12(2)18(3)8-6-5-7-16-11-13-14(20-4)17-15-19(13)9-10-21-15/h9-10,12,16H,5-8,11H2,1-4H3. The van der Waals surface area contributed by atoms with Crippen molar-refractivity contribution >= 4 is 16.3 Å². The van der Waals surface area contributed by atoms with Crippen LogP contribution < -0.4 is 10.1 Å². The predicted octanol–water partition coefficient (Wildman–Crippen LogP) is 2.61. The van der Waals surface area contributed by atoms with E-state index in [9.17, 15) is 0 Å². The number of unbranched alkanes of at least 4 members (excludes halogenated alkanes) is 1. The first-order valence-electron chi connectivity index (χ1n) is 7.53. The summed E-state index contributed by atoms with van der Waals surface area (Å²) >= 11 is 1.63. The zero-order chi connectivity index (χ0) is 15.2. The van der Waals surface area contributed by atoms with Gasteiger partial charge in [0, 0.05) is 24.2 Å². The number of imidazole rings is 1. The number of nitrogens with zero attached hydrogens (tertiary/aromatic N) is 3. The van der Waals surface area contributed by atoms with Gasteiger partial charge < -0.3 is 15.0 Å². The molecule has 0 spiro atoms. The fraction of sp³-hybridized carbons (Fsp3) is 0.667. The molecule has 2 aromatic rings. The fourth-order valence-electron chi connectivity index (χ4n) is 2.21. The number of ether oxygens (including phenoxy) is 1. The minimum absolute atomic E-state index is 0.626. The molecule has 0 atom stereocenters. The van der Waals surface area contributed by atoms with Crippen LogP contribution in [-0.2, 0) is 6.54 Å². The molecular weight excluding hydrogens is 284 g/mol. The third-order valence-corrected chi connectivity index (χ3v) is 4.56. The van der Waals surface area contributed by atoms with Crippen LogP contribution in [0.2, 0.25) is 0 Å². The number of fused-ring (bicyclic) bond motifs is 1. The van der Waals surface area contributed by atoms with Crippen molar-refractivity contribution in [2.24, 2.45) is 0 Å². The number of aromatic nitrogens is 2. The molecule has 5 nitrogen and oxygen atoms in total. The van der Waals surface area contributed by atoms with Gasteiger partial charge in [-0.3, -0.25) is 4.40 Å². The zero-order valence-electron chi connectivity index (χ0n) is 13.4. The maximum Gasteiger partial charge on any atom is 0.237 e. The molecule has 0 saturated carbocycles. The normalized spacial score (nSPS) is 11.9. The van der Waals surface area contributed by atoms with E-state index in [0.717, 1.165) is 36.2 Å². The summed E-state index contributed by atoms with van der Waals surface area (Å²) in [5, 5.41) is 5.54. The third-order valence-electron chi connectivity index (χ3n) is 3.81. The van der Waals surface area contributed by atoms with E-state index < -0.39 is 0 Å².